The number of hydrogen-bond acceptors (Lipinski definition) is 3. The van der Waals surface area contributed by atoms with Gasteiger partial charge < -0.3 is 15.2 Å². The Hall–Kier alpha value is -1.13. The summed E-state index contributed by atoms with van der Waals surface area (Å²) in [6.45, 7) is 0.999. The second kappa shape index (κ2) is 5.10. The standard InChI is InChI=1S/C15H20FNO2/c16-13-4-1-3-11(10-17)14(13)19-12-5-8-18-15(9-12)6-2-7-15/h1,3-4,12H,2,5-10,17H2. The first kappa shape index (κ1) is 12.9. The first-order chi connectivity index (χ1) is 9.22. The van der Waals surface area contributed by atoms with Gasteiger partial charge in [0.05, 0.1) is 12.2 Å². The minimum atomic E-state index is -0.322. The fourth-order valence-corrected chi connectivity index (χ4v) is 3.02. The third-order valence-corrected chi connectivity index (χ3v) is 4.27. The Balaban J connectivity index is 1.74. The van der Waals surface area contributed by atoms with Crippen LogP contribution in [0.5, 0.6) is 5.75 Å². The highest BCUT2D eigenvalue weighted by Gasteiger charge is 2.43. The maximum absolute atomic E-state index is 13.9. The van der Waals surface area contributed by atoms with Gasteiger partial charge in [-0.2, -0.15) is 0 Å². The lowest BCUT2D eigenvalue weighted by molar-refractivity contribution is -0.154. The predicted octanol–water partition coefficient (Wildman–Crippen LogP) is 2.76. The molecule has 1 saturated heterocycles. The molecule has 2 aliphatic rings. The largest absolute Gasteiger partial charge is 0.487 e. The molecule has 2 fully saturated rings. The summed E-state index contributed by atoms with van der Waals surface area (Å²) in [5, 5.41) is 0. The summed E-state index contributed by atoms with van der Waals surface area (Å²) in [6, 6.07) is 4.91. The molecule has 1 heterocycles. The summed E-state index contributed by atoms with van der Waals surface area (Å²) in [5.41, 5.74) is 6.39. The summed E-state index contributed by atoms with van der Waals surface area (Å²) >= 11 is 0. The van der Waals surface area contributed by atoms with E-state index in [0.29, 0.717) is 18.9 Å². The van der Waals surface area contributed by atoms with Crippen LogP contribution in [0.2, 0.25) is 0 Å². The van der Waals surface area contributed by atoms with Crippen molar-refractivity contribution in [3.8, 4) is 5.75 Å². The van der Waals surface area contributed by atoms with Gasteiger partial charge in [-0.3, -0.25) is 0 Å². The van der Waals surface area contributed by atoms with Crippen molar-refractivity contribution in [2.75, 3.05) is 6.61 Å². The van der Waals surface area contributed by atoms with Gasteiger partial charge in [0.2, 0.25) is 0 Å². The molecular weight excluding hydrogens is 245 g/mol. The van der Waals surface area contributed by atoms with Gasteiger partial charge in [0.1, 0.15) is 6.10 Å². The summed E-state index contributed by atoms with van der Waals surface area (Å²) in [7, 11) is 0. The van der Waals surface area contributed by atoms with Gasteiger partial charge in [0.15, 0.2) is 11.6 Å². The Kier molecular flexibility index (Phi) is 3.46. The lowest BCUT2D eigenvalue weighted by Gasteiger charge is -2.47. The lowest BCUT2D eigenvalue weighted by Crippen LogP contribution is -2.48. The SMILES string of the molecule is NCc1cccc(F)c1OC1CCOC2(CCC2)C1. The van der Waals surface area contributed by atoms with Crippen LogP contribution in [0, 0.1) is 5.82 Å². The zero-order valence-corrected chi connectivity index (χ0v) is 11.0. The van der Waals surface area contributed by atoms with E-state index in [4.69, 9.17) is 15.2 Å². The van der Waals surface area contributed by atoms with Crippen molar-refractivity contribution in [2.45, 2.75) is 50.4 Å². The number of hydrogen-bond donors (Lipinski definition) is 1. The number of benzene rings is 1. The maximum Gasteiger partial charge on any atom is 0.165 e. The van der Waals surface area contributed by atoms with Gasteiger partial charge in [-0.1, -0.05) is 12.1 Å². The van der Waals surface area contributed by atoms with E-state index < -0.39 is 0 Å². The van der Waals surface area contributed by atoms with Crippen LogP contribution in [0.4, 0.5) is 4.39 Å². The van der Waals surface area contributed by atoms with Crippen molar-refractivity contribution in [2.24, 2.45) is 5.73 Å². The molecule has 104 valence electrons. The predicted molar refractivity (Wildman–Crippen MR) is 70.5 cm³/mol. The molecule has 0 amide bonds. The third kappa shape index (κ3) is 2.47. The van der Waals surface area contributed by atoms with E-state index in [-0.39, 0.29) is 17.5 Å². The smallest absolute Gasteiger partial charge is 0.165 e. The fourth-order valence-electron chi connectivity index (χ4n) is 3.02. The number of nitrogens with two attached hydrogens (primary N) is 1. The van der Waals surface area contributed by atoms with Crippen molar-refractivity contribution in [1.29, 1.82) is 0 Å². The fraction of sp³-hybridized carbons (Fsp3) is 0.600. The molecule has 1 aliphatic heterocycles. The van der Waals surface area contributed by atoms with Crippen LogP contribution < -0.4 is 10.5 Å². The molecular formula is C15H20FNO2. The molecule has 0 bridgehead atoms. The van der Waals surface area contributed by atoms with E-state index in [1.54, 1.807) is 6.07 Å². The Morgan fingerprint density at radius 3 is 2.95 bits per heavy atom. The molecule has 1 spiro atoms. The number of rotatable bonds is 3. The molecule has 3 nitrogen and oxygen atoms in total. The highest BCUT2D eigenvalue weighted by molar-refractivity contribution is 5.35. The molecule has 1 aliphatic carbocycles. The van der Waals surface area contributed by atoms with E-state index in [0.717, 1.165) is 31.2 Å². The average molecular weight is 265 g/mol. The third-order valence-electron chi connectivity index (χ3n) is 4.27. The quantitative estimate of drug-likeness (QED) is 0.914. The molecule has 19 heavy (non-hydrogen) atoms. The Bertz CT molecular complexity index is 459. The molecule has 1 unspecified atom stereocenters. The molecule has 0 aromatic heterocycles. The van der Waals surface area contributed by atoms with Crippen molar-refractivity contribution >= 4 is 0 Å². The van der Waals surface area contributed by atoms with Gasteiger partial charge >= 0.3 is 0 Å². The summed E-state index contributed by atoms with van der Waals surface area (Å²) in [6.07, 6.45) is 5.16. The average Bonchev–Trinajstić information content (AvgIpc) is 2.40. The Morgan fingerprint density at radius 1 is 1.42 bits per heavy atom. The molecule has 2 N–H and O–H groups in total. The van der Waals surface area contributed by atoms with Crippen LogP contribution in [0.3, 0.4) is 0 Å². The van der Waals surface area contributed by atoms with Gasteiger partial charge in [-0.05, 0) is 25.3 Å². The Morgan fingerprint density at radius 2 is 2.26 bits per heavy atom. The minimum Gasteiger partial charge on any atom is -0.487 e. The first-order valence-corrected chi connectivity index (χ1v) is 7.00. The topological polar surface area (TPSA) is 44.5 Å². The van der Waals surface area contributed by atoms with E-state index in [1.165, 1.54) is 12.5 Å². The molecule has 1 saturated carbocycles. The van der Waals surface area contributed by atoms with E-state index in [2.05, 4.69) is 0 Å². The van der Waals surface area contributed by atoms with Crippen molar-refractivity contribution in [3.63, 3.8) is 0 Å². The number of halogens is 1. The van der Waals surface area contributed by atoms with Crippen LogP contribution in [-0.4, -0.2) is 18.3 Å². The minimum absolute atomic E-state index is 0.0110. The summed E-state index contributed by atoms with van der Waals surface area (Å²) < 4.78 is 25.6. The van der Waals surface area contributed by atoms with Crippen molar-refractivity contribution in [1.82, 2.24) is 0 Å². The monoisotopic (exact) mass is 265 g/mol. The molecule has 1 atom stereocenters. The van der Waals surface area contributed by atoms with Crippen LogP contribution in [0.25, 0.3) is 0 Å². The van der Waals surface area contributed by atoms with E-state index in [9.17, 15) is 4.39 Å². The van der Waals surface area contributed by atoms with Gasteiger partial charge in [-0.25, -0.2) is 4.39 Å². The normalized spacial score (nSPS) is 25.1. The van der Waals surface area contributed by atoms with Crippen molar-refractivity contribution in [3.05, 3.63) is 29.6 Å². The highest BCUT2D eigenvalue weighted by Crippen LogP contribution is 2.43. The highest BCUT2D eigenvalue weighted by atomic mass is 19.1. The second-order valence-electron chi connectivity index (χ2n) is 5.55. The maximum atomic E-state index is 13.9. The molecule has 4 heteroatoms. The zero-order chi connectivity index (χ0) is 13.3. The molecule has 0 radical (unpaired) electrons. The van der Waals surface area contributed by atoms with E-state index in [1.807, 2.05) is 6.07 Å². The second-order valence-corrected chi connectivity index (χ2v) is 5.55. The van der Waals surface area contributed by atoms with Gasteiger partial charge in [0, 0.05) is 24.9 Å². The zero-order valence-electron chi connectivity index (χ0n) is 11.0. The van der Waals surface area contributed by atoms with E-state index >= 15 is 0 Å². The van der Waals surface area contributed by atoms with Crippen LogP contribution in [-0.2, 0) is 11.3 Å². The summed E-state index contributed by atoms with van der Waals surface area (Å²) in [5.74, 6) is 0.00322. The van der Waals surface area contributed by atoms with Crippen LogP contribution >= 0.6 is 0 Å². The number of ether oxygens (including phenoxy) is 2. The molecule has 1 aromatic carbocycles. The van der Waals surface area contributed by atoms with Crippen LogP contribution in [0.1, 0.15) is 37.7 Å². The van der Waals surface area contributed by atoms with Crippen molar-refractivity contribution < 1.29 is 13.9 Å². The van der Waals surface area contributed by atoms with Gasteiger partial charge in [-0.15, -0.1) is 0 Å². The molecule has 1 aromatic rings. The lowest BCUT2D eigenvalue weighted by atomic mass is 9.74. The first-order valence-electron chi connectivity index (χ1n) is 7.00. The van der Waals surface area contributed by atoms with Gasteiger partial charge in [0.25, 0.3) is 0 Å². The number of para-hydroxylation sites is 1. The molecule has 3 rings (SSSR count). The summed E-state index contributed by atoms with van der Waals surface area (Å²) in [4.78, 5) is 0. The van der Waals surface area contributed by atoms with Crippen LogP contribution in [0.15, 0.2) is 18.2 Å². The Labute approximate surface area is 112 Å².